The molecule has 1 amide bonds. The average Bonchev–Trinajstić information content (AvgIpc) is 3.05. The number of hydrazone groups is 1. The van der Waals surface area contributed by atoms with Gasteiger partial charge in [-0.2, -0.15) is 5.10 Å². The molecule has 3 rings (SSSR count). The van der Waals surface area contributed by atoms with E-state index in [2.05, 4.69) is 80.2 Å². The summed E-state index contributed by atoms with van der Waals surface area (Å²) in [6.07, 6.45) is 6.72. The fraction of sp³-hybridized carbons (Fsp3) is 0.0526. The molecule has 9 heteroatoms. The summed E-state index contributed by atoms with van der Waals surface area (Å²) in [6.45, 7) is 0.158. The van der Waals surface area contributed by atoms with Crippen molar-refractivity contribution in [2.45, 2.75) is 0 Å². The molecule has 1 aromatic heterocycles. The van der Waals surface area contributed by atoms with Gasteiger partial charge in [0.1, 0.15) is 17.9 Å². The Balaban J connectivity index is 1.73. The smallest absolute Gasteiger partial charge is 0.307 e. The quantitative estimate of drug-likeness (QED) is 0.205. The van der Waals surface area contributed by atoms with Crippen molar-refractivity contribution in [2.24, 2.45) is 5.10 Å². The molecule has 0 aliphatic heterocycles. The third-order valence-corrected chi connectivity index (χ3v) is 5.68. The van der Waals surface area contributed by atoms with Gasteiger partial charge in [-0.05, 0) is 83.7 Å². The van der Waals surface area contributed by atoms with Crippen LogP contribution in [0.15, 0.2) is 57.7 Å². The van der Waals surface area contributed by atoms with Crippen molar-refractivity contribution in [1.29, 1.82) is 0 Å². The van der Waals surface area contributed by atoms with Crippen molar-refractivity contribution >= 4 is 86.8 Å². The molecular weight excluding hydrogens is 624 g/mol. The minimum absolute atomic E-state index is 0.158. The summed E-state index contributed by atoms with van der Waals surface area (Å²) < 4.78 is 14.1. The fourth-order valence-electron chi connectivity index (χ4n) is 2.31. The van der Waals surface area contributed by atoms with Crippen LogP contribution >= 0.6 is 63.7 Å². The Kier molecular flexibility index (Phi) is 6.99. The Morgan fingerprint density at radius 2 is 1.86 bits per heavy atom. The van der Waals surface area contributed by atoms with E-state index in [9.17, 15) is 4.79 Å². The largest absolute Gasteiger partial charge is 0.479 e. The van der Waals surface area contributed by atoms with Gasteiger partial charge in [0.25, 0.3) is 0 Å². The van der Waals surface area contributed by atoms with Crippen molar-refractivity contribution in [2.75, 3.05) is 6.61 Å². The second kappa shape index (κ2) is 9.27. The van der Waals surface area contributed by atoms with Crippen LogP contribution in [0.5, 0.6) is 5.75 Å². The van der Waals surface area contributed by atoms with Crippen molar-refractivity contribution in [3.05, 3.63) is 59.5 Å². The number of nitrogens with zero attached hydrogens (tertiary/aromatic N) is 1. The summed E-state index contributed by atoms with van der Waals surface area (Å²) in [5, 5.41) is 4.78. The number of carbonyl (C=O) groups is 1. The lowest BCUT2D eigenvalue weighted by molar-refractivity contribution is 0.0929. The number of ether oxygens (including phenoxy) is 1. The standard InChI is InChI=1S/C19H10Br4N2O3/c1-2-3-27-18-13(21)4-10(5-14(18)22)9-24-25-19(26)16-7-11-6-12(20)8-15(23)17(11)28-16/h1,4-9H,3H2,(H,25,26)/b24-9-. The van der Waals surface area contributed by atoms with E-state index in [1.54, 1.807) is 18.2 Å². The molecule has 3 aromatic rings. The molecule has 1 N–H and O–H groups in total. The summed E-state index contributed by atoms with van der Waals surface area (Å²) in [5.74, 6) is 2.71. The molecular formula is C19H10Br4N2O3. The molecule has 0 aliphatic carbocycles. The number of halogens is 4. The lowest BCUT2D eigenvalue weighted by atomic mass is 10.2. The number of hydrogen-bond donors (Lipinski definition) is 1. The predicted molar refractivity (Wildman–Crippen MR) is 123 cm³/mol. The monoisotopic (exact) mass is 630 g/mol. The van der Waals surface area contributed by atoms with Gasteiger partial charge in [0.2, 0.25) is 0 Å². The van der Waals surface area contributed by atoms with E-state index < -0.39 is 5.91 Å². The van der Waals surface area contributed by atoms with E-state index in [0.717, 1.165) is 19.9 Å². The molecule has 0 saturated heterocycles. The molecule has 0 atom stereocenters. The number of carbonyl (C=O) groups excluding carboxylic acids is 1. The van der Waals surface area contributed by atoms with Crippen molar-refractivity contribution in [3.8, 4) is 18.1 Å². The first kappa shape index (κ1) is 21.1. The maximum absolute atomic E-state index is 12.3. The van der Waals surface area contributed by atoms with Gasteiger partial charge in [-0.25, -0.2) is 5.43 Å². The zero-order chi connectivity index (χ0) is 20.3. The van der Waals surface area contributed by atoms with Gasteiger partial charge in [0.15, 0.2) is 5.76 Å². The van der Waals surface area contributed by atoms with Crippen LogP contribution in [0.2, 0.25) is 0 Å². The van der Waals surface area contributed by atoms with Crippen LogP contribution in [-0.4, -0.2) is 18.7 Å². The van der Waals surface area contributed by atoms with Crippen molar-refractivity contribution < 1.29 is 13.9 Å². The summed E-state index contributed by atoms with van der Waals surface area (Å²) in [7, 11) is 0. The highest BCUT2D eigenvalue weighted by molar-refractivity contribution is 9.11. The number of hydrogen-bond acceptors (Lipinski definition) is 4. The Hall–Kier alpha value is -1.60. The number of terminal acetylenes is 1. The van der Waals surface area contributed by atoms with Crippen LogP contribution < -0.4 is 10.2 Å². The lowest BCUT2D eigenvalue weighted by Gasteiger charge is -2.08. The molecule has 2 aromatic carbocycles. The molecule has 0 saturated carbocycles. The predicted octanol–water partition coefficient (Wildman–Crippen LogP) is 6.26. The Bertz CT molecular complexity index is 1110. The van der Waals surface area contributed by atoms with Gasteiger partial charge in [-0.1, -0.05) is 21.9 Å². The van der Waals surface area contributed by atoms with Gasteiger partial charge < -0.3 is 9.15 Å². The molecule has 1 heterocycles. The highest BCUT2D eigenvalue weighted by Gasteiger charge is 2.14. The SMILES string of the molecule is C#CCOc1c(Br)cc(/C=N\NC(=O)c2cc3cc(Br)cc(Br)c3o2)cc1Br. The van der Waals surface area contributed by atoms with Gasteiger partial charge >= 0.3 is 5.91 Å². The van der Waals surface area contributed by atoms with Gasteiger partial charge in [-0.15, -0.1) is 6.42 Å². The van der Waals surface area contributed by atoms with Crippen LogP contribution in [0.3, 0.4) is 0 Å². The number of rotatable bonds is 5. The Labute approximate surface area is 194 Å². The van der Waals surface area contributed by atoms with Crippen molar-refractivity contribution in [1.82, 2.24) is 5.43 Å². The average molecular weight is 634 g/mol. The first-order valence-corrected chi connectivity index (χ1v) is 10.8. The molecule has 0 aliphatic rings. The van der Waals surface area contributed by atoms with E-state index in [-0.39, 0.29) is 12.4 Å². The minimum atomic E-state index is -0.456. The summed E-state index contributed by atoms with van der Waals surface area (Å²) in [6, 6.07) is 8.95. The van der Waals surface area contributed by atoms with E-state index in [1.165, 1.54) is 6.21 Å². The fourth-order valence-corrected chi connectivity index (χ4v) is 5.10. The maximum atomic E-state index is 12.3. The summed E-state index contributed by atoms with van der Waals surface area (Å²) in [5.41, 5.74) is 3.78. The number of benzene rings is 2. The number of nitrogens with one attached hydrogen (secondary N) is 1. The van der Waals surface area contributed by atoms with Gasteiger partial charge in [0, 0.05) is 9.86 Å². The highest BCUT2D eigenvalue weighted by Crippen LogP contribution is 2.34. The molecule has 28 heavy (non-hydrogen) atoms. The lowest BCUT2D eigenvalue weighted by Crippen LogP contribution is -2.16. The van der Waals surface area contributed by atoms with Crippen LogP contribution in [0.1, 0.15) is 16.1 Å². The van der Waals surface area contributed by atoms with E-state index >= 15 is 0 Å². The second-order valence-electron chi connectivity index (χ2n) is 5.42. The minimum Gasteiger partial charge on any atom is -0.479 e. The number of furan rings is 1. The molecule has 0 bridgehead atoms. The van der Waals surface area contributed by atoms with Gasteiger partial charge in [0.05, 0.1) is 19.6 Å². The Morgan fingerprint density at radius 3 is 2.54 bits per heavy atom. The first-order chi connectivity index (χ1) is 13.4. The number of fused-ring (bicyclic) bond motifs is 1. The van der Waals surface area contributed by atoms with Gasteiger partial charge in [-0.3, -0.25) is 4.79 Å². The molecule has 142 valence electrons. The molecule has 0 spiro atoms. The molecule has 0 unspecified atom stereocenters. The zero-order valence-electron chi connectivity index (χ0n) is 13.9. The second-order valence-corrected chi connectivity index (χ2v) is 8.90. The van der Waals surface area contributed by atoms with Crippen molar-refractivity contribution in [3.63, 3.8) is 0 Å². The third-order valence-electron chi connectivity index (χ3n) is 3.46. The van der Waals surface area contributed by atoms with Crippen LogP contribution in [0.4, 0.5) is 0 Å². The first-order valence-electron chi connectivity index (χ1n) is 7.66. The van der Waals surface area contributed by atoms with Crippen LogP contribution in [0, 0.1) is 12.3 Å². The summed E-state index contributed by atoms with van der Waals surface area (Å²) in [4.78, 5) is 12.3. The Morgan fingerprint density at radius 1 is 1.14 bits per heavy atom. The molecule has 5 nitrogen and oxygen atoms in total. The maximum Gasteiger partial charge on any atom is 0.307 e. The third kappa shape index (κ3) is 4.87. The number of amides is 1. The van der Waals surface area contributed by atoms with E-state index in [0.29, 0.717) is 20.3 Å². The summed E-state index contributed by atoms with van der Waals surface area (Å²) >= 11 is 13.7. The zero-order valence-corrected chi connectivity index (χ0v) is 20.3. The highest BCUT2D eigenvalue weighted by atomic mass is 79.9. The van der Waals surface area contributed by atoms with Crippen LogP contribution in [0.25, 0.3) is 11.0 Å². The normalized spacial score (nSPS) is 11.0. The van der Waals surface area contributed by atoms with E-state index in [1.807, 2.05) is 12.1 Å². The topological polar surface area (TPSA) is 63.8 Å². The van der Waals surface area contributed by atoms with E-state index in [4.69, 9.17) is 15.6 Å². The molecule has 0 fully saturated rings. The molecule has 0 radical (unpaired) electrons. The van der Waals surface area contributed by atoms with Crippen LogP contribution in [-0.2, 0) is 0 Å².